The van der Waals surface area contributed by atoms with Crippen LogP contribution in [0.15, 0.2) is 12.1 Å². The Morgan fingerprint density at radius 1 is 1.24 bits per heavy atom. The van der Waals surface area contributed by atoms with Crippen LogP contribution in [0, 0.1) is 0 Å². The van der Waals surface area contributed by atoms with Gasteiger partial charge < -0.3 is 29.7 Å². The highest BCUT2D eigenvalue weighted by Gasteiger charge is 2.71. The van der Waals surface area contributed by atoms with Gasteiger partial charge in [-0.25, -0.2) is 0 Å². The van der Waals surface area contributed by atoms with Crippen molar-refractivity contribution in [2.24, 2.45) is 0 Å². The van der Waals surface area contributed by atoms with Gasteiger partial charge >= 0.3 is 0 Å². The minimum Gasteiger partial charge on any atom is -0.504 e. The molecule has 4 saturated heterocycles. The molecule has 4 aliphatic heterocycles. The molecule has 1 aliphatic carbocycles. The number of aliphatic hydroxyl groups is 2. The third-order valence-electron chi connectivity index (χ3n) is 7.13. The number of hydrogen-bond acceptors (Lipinski definition) is 10. The summed E-state index contributed by atoms with van der Waals surface area (Å²) in [5.74, 6) is -0.689. The molecule has 13 heteroatoms. The van der Waals surface area contributed by atoms with Crippen LogP contribution in [-0.4, -0.2) is 92.5 Å². The summed E-state index contributed by atoms with van der Waals surface area (Å²) in [6.07, 6.45) is -1.73. The average Bonchev–Trinajstić information content (AvgIpc) is 3.00. The Hall–Kier alpha value is -1.57. The van der Waals surface area contributed by atoms with E-state index >= 15 is 0 Å². The number of phenols is 1. The van der Waals surface area contributed by atoms with Gasteiger partial charge in [-0.2, -0.15) is 5.06 Å². The monoisotopic (exact) mass is 532 g/mol. The zero-order valence-corrected chi connectivity index (χ0v) is 21.0. The lowest BCUT2D eigenvalue weighted by Gasteiger charge is -2.58. The average molecular weight is 533 g/mol. The molecule has 1 spiro atoms. The van der Waals surface area contributed by atoms with E-state index in [1.807, 2.05) is 0 Å². The van der Waals surface area contributed by atoms with E-state index in [0.717, 1.165) is 15.9 Å². The third kappa shape index (κ3) is 3.09. The maximum Gasteiger partial charge on any atom is 0.272 e. The highest BCUT2D eigenvalue weighted by Crippen LogP contribution is 2.63. The van der Waals surface area contributed by atoms with Gasteiger partial charge in [0.25, 0.3) is 11.8 Å². The first-order valence-corrected chi connectivity index (χ1v) is 13.4. The molecule has 2 amide bonds. The Morgan fingerprint density at radius 2 is 1.97 bits per heavy atom. The first-order chi connectivity index (χ1) is 16.1. The summed E-state index contributed by atoms with van der Waals surface area (Å²) in [6.45, 7) is 0. The molecular formula is C21H25ClN2O8S2. The first-order valence-electron chi connectivity index (χ1n) is 10.7. The van der Waals surface area contributed by atoms with Gasteiger partial charge in [0.15, 0.2) is 11.5 Å². The molecule has 5 aliphatic rings. The van der Waals surface area contributed by atoms with Crippen molar-refractivity contribution >= 4 is 45.0 Å². The van der Waals surface area contributed by atoms with Gasteiger partial charge in [-0.3, -0.25) is 14.4 Å². The molecule has 186 valence electrons. The van der Waals surface area contributed by atoms with Crippen molar-refractivity contribution < 1.29 is 39.2 Å². The zero-order chi connectivity index (χ0) is 24.6. The van der Waals surface area contributed by atoms with Crippen molar-refractivity contribution in [1.29, 1.82) is 0 Å². The van der Waals surface area contributed by atoms with Crippen LogP contribution in [0.3, 0.4) is 0 Å². The molecule has 0 unspecified atom stereocenters. The highest BCUT2D eigenvalue weighted by atomic mass is 35.5. The number of aliphatic hydroxyl groups excluding tert-OH is 1. The molecule has 1 aromatic carbocycles. The fraction of sp³-hybridized carbons (Fsp3) is 0.619. The van der Waals surface area contributed by atoms with Crippen LogP contribution < -0.4 is 9.47 Å². The normalized spacial score (nSPS) is 39.4. The number of ether oxygens (including phenoxy) is 2. The molecule has 10 nitrogen and oxygen atoms in total. The van der Waals surface area contributed by atoms with Gasteiger partial charge in [-0.15, -0.1) is 11.6 Å². The maximum absolute atomic E-state index is 13.8. The van der Waals surface area contributed by atoms with Crippen molar-refractivity contribution in [3.63, 3.8) is 0 Å². The first kappa shape index (κ1) is 24.1. The van der Waals surface area contributed by atoms with Crippen molar-refractivity contribution in [1.82, 2.24) is 9.96 Å². The number of rotatable bonds is 3. The van der Waals surface area contributed by atoms with E-state index in [0.29, 0.717) is 24.2 Å². The largest absolute Gasteiger partial charge is 0.504 e. The van der Waals surface area contributed by atoms with Crippen LogP contribution in [0.2, 0.25) is 0 Å². The summed E-state index contributed by atoms with van der Waals surface area (Å²) in [6, 6.07) is 2.24. The molecule has 1 saturated carbocycles. The molecule has 0 radical (unpaired) electrons. The Kier molecular flexibility index (Phi) is 5.85. The second-order valence-corrected chi connectivity index (χ2v) is 12.1. The summed E-state index contributed by atoms with van der Waals surface area (Å²) in [5, 5.41) is 32.6. The third-order valence-corrected chi connectivity index (χ3v) is 11.0. The lowest BCUT2D eigenvalue weighted by Crippen LogP contribution is -2.78. The number of fused-ring (bicyclic) bond motifs is 4. The molecular weight excluding hydrogens is 508 g/mol. The molecule has 6 rings (SSSR count). The number of methoxy groups -OCH3 is 2. The molecule has 0 aromatic heterocycles. The molecule has 1 aromatic rings. The molecule has 4 heterocycles. The summed E-state index contributed by atoms with van der Waals surface area (Å²) in [5.41, 5.74) is -1.32. The number of hydrogen-bond donors (Lipinski definition) is 3. The van der Waals surface area contributed by atoms with Crippen LogP contribution in [0.25, 0.3) is 0 Å². The summed E-state index contributed by atoms with van der Waals surface area (Å²) in [7, 11) is 6.68. The summed E-state index contributed by atoms with van der Waals surface area (Å²) < 4.78 is 10.6. The predicted octanol–water partition coefficient (Wildman–Crippen LogP) is 1.41. The molecule has 3 N–H and O–H groups in total. The molecule has 7 atom stereocenters. The zero-order valence-electron chi connectivity index (χ0n) is 18.6. The van der Waals surface area contributed by atoms with E-state index in [4.69, 9.17) is 25.9 Å². The van der Waals surface area contributed by atoms with E-state index in [1.54, 1.807) is 12.1 Å². The number of aromatic hydroxyl groups is 1. The number of carbonyl (C=O) groups is 2. The highest BCUT2D eigenvalue weighted by molar-refractivity contribution is 8.77. The minimum atomic E-state index is -1.71. The van der Waals surface area contributed by atoms with E-state index in [-0.39, 0.29) is 17.9 Å². The van der Waals surface area contributed by atoms with Gasteiger partial charge in [-0.05, 0) is 18.9 Å². The number of likely N-dealkylation sites (N-methyl/N-ethyl adjacent to an activating group) is 1. The Bertz CT molecular complexity index is 1050. The van der Waals surface area contributed by atoms with Gasteiger partial charge in [0.1, 0.15) is 17.7 Å². The molecule has 2 bridgehead atoms. The predicted molar refractivity (Wildman–Crippen MR) is 125 cm³/mol. The lowest BCUT2D eigenvalue weighted by molar-refractivity contribution is -0.327. The Morgan fingerprint density at radius 3 is 2.65 bits per heavy atom. The van der Waals surface area contributed by atoms with E-state index < -0.39 is 51.2 Å². The van der Waals surface area contributed by atoms with E-state index in [9.17, 15) is 24.9 Å². The lowest BCUT2D eigenvalue weighted by atomic mass is 9.74. The number of hydroxylamine groups is 2. The number of alkyl halides is 1. The van der Waals surface area contributed by atoms with Crippen LogP contribution in [0.4, 0.5) is 0 Å². The maximum atomic E-state index is 13.8. The van der Waals surface area contributed by atoms with Gasteiger partial charge in [0.2, 0.25) is 10.6 Å². The fourth-order valence-electron chi connectivity index (χ4n) is 5.33. The topological polar surface area (TPSA) is 129 Å². The van der Waals surface area contributed by atoms with E-state index in [1.165, 1.54) is 37.0 Å². The second kappa shape index (κ2) is 8.24. The van der Waals surface area contributed by atoms with Gasteiger partial charge in [-0.1, -0.05) is 27.7 Å². The van der Waals surface area contributed by atoms with Crippen LogP contribution in [0.5, 0.6) is 17.2 Å². The number of amides is 2. The fourth-order valence-corrected chi connectivity index (χ4v) is 9.33. The smallest absolute Gasteiger partial charge is 0.272 e. The number of phenolic OH excluding ortho intramolecular Hbond substituents is 1. The quantitative estimate of drug-likeness (QED) is 0.388. The second-order valence-electron chi connectivity index (χ2n) is 8.92. The van der Waals surface area contributed by atoms with Crippen molar-refractivity contribution in [3.8, 4) is 17.2 Å². The van der Waals surface area contributed by atoms with Crippen LogP contribution in [-0.2, 0) is 14.4 Å². The van der Waals surface area contributed by atoms with Gasteiger partial charge in [0.05, 0.1) is 31.0 Å². The molecule has 5 fully saturated rings. The standard InChI is InChI=1S/C21H25ClN2O8S2/c1-23-13-16(9-4-6-11(30-2)15(31-3)14(9)26)33-34-21(19(23)28)8-20(29)12(22)7-5-10(25)17(20)32-24(21)18(13)27/h4,6,10,12-13,16-17,25-26,29H,5,7-8H2,1-3H3/t10-,12-,13-,16+,17+,20+,21-/m1/s1. The van der Waals surface area contributed by atoms with E-state index in [2.05, 4.69) is 0 Å². The summed E-state index contributed by atoms with van der Waals surface area (Å²) in [4.78, 5) is 33.1. The van der Waals surface area contributed by atoms with Gasteiger partial charge in [0, 0.05) is 19.0 Å². The number of halogens is 1. The number of nitrogens with zero attached hydrogens (tertiary/aromatic N) is 2. The Labute approximate surface area is 208 Å². The number of benzene rings is 1. The SMILES string of the molecule is COc1ccc([C@@H]2SS[C@@]34C[C@]5(O)[C@H](Cl)CC[C@@H](O)[C@@H]5ON3C(=O)[C@@H]2N(C)C4=O)c(O)c1OC. The minimum absolute atomic E-state index is 0.117. The molecule has 34 heavy (non-hydrogen) atoms. The van der Waals surface area contributed by atoms with Crippen molar-refractivity contribution in [2.45, 2.75) is 58.6 Å². The Balaban J connectivity index is 1.61. The van der Waals surface area contributed by atoms with Crippen molar-refractivity contribution in [3.05, 3.63) is 17.7 Å². The van der Waals surface area contributed by atoms with Crippen LogP contribution in [0.1, 0.15) is 30.1 Å². The van der Waals surface area contributed by atoms with Crippen molar-refractivity contribution in [2.75, 3.05) is 21.3 Å². The van der Waals surface area contributed by atoms with Crippen LogP contribution >= 0.6 is 33.2 Å². The summed E-state index contributed by atoms with van der Waals surface area (Å²) >= 11 is 6.48. The number of carbonyl (C=O) groups excluding carboxylic acids is 2. The number of piperazine rings is 1.